The third-order valence-corrected chi connectivity index (χ3v) is 3.53. The largest absolute Gasteiger partial charge is 0.484 e. The lowest BCUT2D eigenvalue weighted by atomic mass is 10.2. The Bertz CT molecular complexity index is 567. The van der Waals surface area contributed by atoms with Gasteiger partial charge in [0.15, 0.2) is 0 Å². The van der Waals surface area contributed by atoms with E-state index in [0.717, 1.165) is 23.6 Å². The first-order valence-electron chi connectivity index (χ1n) is 5.91. The van der Waals surface area contributed by atoms with Crippen molar-refractivity contribution in [2.75, 3.05) is 7.05 Å². The lowest BCUT2D eigenvalue weighted by Crippen LogP contribution is -2.04. The van der Waals surface area contributed by atoms with Crippen molar-refractivity contribution in [3.8, 4) is 5.75 Å². The molecule has 0 radical (unpaired) electrons. The van der Waals surface area contributed by atoms with Gasteiger partial charge in [0, 0.05) is 12.1 Å². The summed E-state index contributed by atoms with van der Waals surface area (Å²) in [6.07, 6.45) is 0. The molecule has 102 valence electrons. The van der Waals surface area contributed by atoms with Crippen LogP contribution in [0.15, 0.2) is 28.7 Å². The fraction of sp³-hybridized carbons (Fsp3) is 0.286. The smallest absolute Gasteiger partial charge is 0.146 e. The average molecular weight is 300 g/mol. The first-order valence-corrected chi connectivity index (χ1v) is 6.67. The summed E-state index contributed by atoms with van der Waals surface area (Å²) in [5, 5.41) is 3.99. The van der Waals surface area contributed by atoms with Gasteiger partial charge in [0.2, 0.25) is 0 Å². The van der Waals surface area contributed by atoms with Gasteiger partial charge < -0.3 is 14.5 Å². The molecule has 1 N–H and O–H groups in total. The Balaban J connectivity index is 2.06. The van der Waals surface area contributed by atoms with Crippen LogP contribution in [-0.2, 0) is 13.2 Å². The maximum absolute atomic E-state index is 6.05. The predicted octanol–water partition coefficient (Wildman–Crippen LogP) is 4.19. The summed E-state index contributed by atoms with van der Waals surface area (Å²) in [5.41, 5.74) is 1.12. The SMILES string of the molecule is CNCc1cc(COc2cccc(Cl)c2Cl)oc1C. The molecule has 0 atom stereocenters. The number of hydrogen-bond donors (Lipinski definition) is 1. The van der Waals surface area contributed by atoms with Crippen LogP contribution in [0, 0.1) is 6.92 Å². The molecule has 2 rings (SSSR count). The normalized spacial score (nSPS) is 10.7. The summed E-state index contributed by atoms with van der Waals surface area (Å²) in [5.74, 6) is 2.21. The zero-order chi connectivity index (χ0) is 13.8. The quantitative estimate of drug-likeness (QED) is 0.899. The fourth-order valence-electron chi connectivity index (χ4n) is 1.77. The summed E-state index contributed by atoms with van der Waals surface area (Å²) >= 11 is 12.0. The van der Waals surface area contributed by atoms with Gasteiger partial charge in [-0.25, -0.2) is 0 Å². The van der Waals surface area contributed by atoms with Crippen molar-refractivity contribution in [1.82, 2.24) is 5.32 Å². The van der Waals surface area contributed by atoms with Crippen molar-refractivity contribution in [3.05, 3.63) is 51.4 Å². The van der Waals surface area contributed by atoms with E-state index in [1.807, 2.05) is 20.0 Å². The zero-order valence-corrected chi connectivity index (χ0v) is 12.3. The van der Waals surface area contributed by atoms with Crippen molar-refractivity contribution in [1.29, 1.82) is 0 Å². The minimum Gasteiger partial charge on any atom is -0.484 e. The molecule has 0 unspecified atom stereocenters. The Labute approximate surface area is 122 Å². The topological polar surface area (TPSA) is 34.4 Å². The van der Waals surface area contributed by atoms with E-state index in [-0.39, 0.29) is 0 Å². The zero-order valence-electron chi connectivity index (χ0n) is 10.8. The molecule has 0 aliphatic carbocycles. The molecule has 0 fully saturated rings. The predicted molar refractivity (Wildman–Crippen MR) is 77.0 cm³/mol. The Morgan fingerprint density at radius 3 is 2.84 bits per heavy atom. The highest BCUT2D eigenvalue weighted by molar-refractivity contribution is 6.42. The number of halogens is 2. The van der Waals surface area contributed by atoms with Gasteiger partial charge in [-0.3, -0.25) is 0 Å². The van der Waals surface area contributed by atoms with Gasteiger partial charge >= 0.3 is 0 Å². The van der Waals surface area contributed by atoms with Crippen LogP contribution in [-0.4, -0.2) is 7.05 Å². The van der Waals surface area contributed by atoms with E-state index in [2.05, 4.69) is 5.32 Å². The highest BCUT2D eigenvalue weighted by Gasteiger charge is 2.09. The maximum Gasteiger partial charge on any atom is 0.146 e. The van der Waals surface area contributed by atoms with Crippen LogP contribution in [0.25, 0.3) is 0 Å². The van der Waals surface area contributed by atoms with Crippen molar-refractivity contribution < 1.29 is 9.15 Å². The van der Waals surface area contributed by atoms with Gasteiger partial charge in [0.05, 0.1) is 5.02 Å². The third kappa shape index (κ3) is 3.44. The van der Waals surface area contributed by atoms with Crippen molar-refractivity contribution in [2.45, 2.75) is 20.1 Å². The third-order valence-electron chi connectivity index (χ3n) is 2.72. The Morgan fingerprint density at radius 1 is 1.32 bits per heavy atom. The molecule has 3 nitrogen and oxygen atoms in total. The number of hydrogen-bond acceptors (Lipinski definition) is 3. The van der Waals surface area contributed by atoms with Gasteiger partial charge in [-0.2, -0.15) is 0 Å². The van der Waals surface area contributed by atoms with Crippen LogP contribution in [0.2, 0.25) is 10.0 Å². The van der Waals surface area contributed by atoms with Crippen molar-refractivity contribution in [3.63, 3.8) is 0 Å². The first kappa shape index (κ1) is 14.3. The molecule has 19 heavy (non-hydrogen) atoms. The van der Waals surface area contributed by atoms with Gasteiger partial charge in [0.1, 0.15) is 28.9 Å². The number of rotatable bonds is 5. The number of aryl methyl sites for hydroxylation is 1. The van der Waals surface area contributed by atoms with E-state index in [1.165, 1.54) is 0 Å². The van der Waals surface area contributed by atoms with E-state index >= 15 is 0 Å². The summed E-state index contributed by atoms with van der Waals surface area (Å²) < 4.78 is 11.2. The average Bonchev–Trinajstić information content (AvgIpc) is 2.73. The summed E-state index contributed by atoms with van der Waals surface area (Å²) in [6.45, 7) is 3.03. The standard InChI is InChI=1S/C14H15Cl2NO2/c1-9-10(7-17-2)6-11(19-9)8-18-13-5-3-4-12(15)14(13)16/h3-6,17H,7-8H2,1-2H3. The van der Waals surface area contributed by atoms with Gasteiger partial charge in [-0.15, -0.1) is 0 Å². The van der Waals surface area contributed by atoms with E-state index in [9.17, 15) is 0 Å². The van der Waals surface area contributed by atoms with Crippen LogP contribution in [0.4, 0.5) is 0 Å². The highest BCUT2D eigenvalue weighted by Crippen LogP contribution is 2.32. The van der Waals surface area contributed by atoms with Crippen molar-refractivity contribution >= 4 is 23.2 Å². The van der Waals surface area contributed by atoms with Crippen molar-refractivity contribution in [2.24, 2.45) is 0 Å². The lowest BCUT2D eigenvalue weighted by molar-refractivity contribution is 0.267. The Morgan fingerprint density at radius 2 is 2.11 bits per heavy atom. The van der Waals surface area contributed by atoms with E-state index in [0.29, 0.717) is 22.4 Å². The molecule has 0 bridgehead atoms. The van der Waals surface area contributed by atoms with E-state index in [4.69, 9.17) is 32.4 Å². The van der Waals surface area contributed by atoms with Gasteiger partial charge in [-0.1, -0.05) is 29.3 Å². The minimum absolute atomic E-state index is 0.324. The summed E-state index contributed by atoms with van der Waals surface area (Å²) in [7, 11) is 1.90. The number of ether oxygens (including phenoxy) is 1. The monoisotopic (exact) mass is 299 g/mol. The molecule has 0 saturated carbocycles. The van der Waals surface area contributed by atoms with Crippen LogP contribution in [0.1, 0.15) is 17.1 Å². The molecule has 0 aliphatic rings. The number of furan rings is 1. The highest BCUT2D eigenvalue weighted by atomic mass is 35.5. The second-order valence-electron chi connectivity index (χ2n) is 4.17. The minimum atomic E-state index is 0.324. The maximum atomic E-state index is 6.05. The van der Waals surface area contributed by atoms with E-state index in [1.54, 1.807) is 18.2 Å². The Hall–Kier alpha value is -1.16. The molecule has 1 aromatic carbocycles. The van der Waals surface area contributed by atoms with Gasteiger partial charge in [0.25, 0.3) is 0 Å². The Kier molecular flexibility index (Phi) is 4.75. The molecule has 0 spiro atoms. The van der Waals surface area contributed by atoms with Gasteiger partial charge in [-0.05, 0) is 32.2 Å². The number of benzene rings is 1. The van der Waals surface area contributed by atoms with E-state index < -0.39 is 0 Å². The molecule has 0 aliphatic heterocycles. The second-order valence-corrected chi connectivity index (χ2v) is 4.95. The first-order chi connectivity index (χ1) is 9.11. The molecule has 1 heterocycles. The molecule has 2 aromatic rings. The molecule has 5 heteroatoms. The van der Waals surface area contributed by atoms with Crippen LogP contribution in [0.5, 0.6) is 5.75 Å². The van der Waals surface area contributed by atoms with Crippen LogP contribution < -0.4 is 10.1 Å². The molecule has 0 amide bonds. The summed E-state index contributed by atoms with van der Waals surface area (Å²) in [6, 6.07) is 7.27. The second kappa shape index (κ2) is 6.33. The lowest BCUT2D eigenvalue weighted by Gasteiger charge is -2.06. The summed E-state index contributed by atoms with van der Waals surface area (Å²) in [4.78, 5) is 0. The molecular formula is C14H15Cl2NO2. The molecule has 1 aromatic heterocycles. The molecule has 0 saturated heterocycles. The molecular weight excluding hydrogens is 285 g/mol. The number of nitrogens with one attached hydrogen (secondary N) is 1. The van der Waals surface area contributed by atoms with Crippen LogP contribution >= 0.6 is 23.2 Å². The fourth-order valence-corrected chi connectivity index (χ4v) is 2.12. The van der Waals surface area contributed by atoms with Crippen LogP contribution in [0.3, 0.4) is 0 Å².